The van der Waals surface area contributed by atoms with Crippen LogP contribution in [0.5, 0.6) is 0 Å². The molecule has 0 spiro atoms. The summed E-state index contributed by atoms with van der Waals surface area (Å²) in [4.78, 5) is 12.1. The lowest BCUT2D eigenvalue weighted by atomic mass is 10.1. The van der Waals surface area contributed by atoms with Gasteiger partial charge in [-0.15, -0.1) is 0 Å². The van der Waals surface area contributed by atoms with Crippen molar-refractivity contribution in [2.75, 3.05) is 6.54 Å². The van der Waals surface area contributed by atoms with E-state index in [4.69, 9.17) is 0 Å². The summed E-state index contributed by atoms with van der Waals surface area (Å²) in [5.41, 5.74) is 1.00. The van der Waals surface area contributed by atoms with Crippen molar-refractivity contribution in [3.05, 3.63) is 29.8 Å². The van der Waals surface area contributed by atoms with Gasteiger partial charge in [-0.1, -0.05) is 50.3 Å². The maximum Gasteiger partial charge on any atom is 0.240 e. The summed E-state index contributed by atoms with van der Waals surface area (Å²) in [5, 5.41) is 2.92. The number of benzene rings is 1. The molecule has 1 aromatic carbocycles. The van der Waals surface area contributed by atoms with E-state index in [1.165, 1.54) is 19.3 Å². The molecule has 1 aromatic rings. The number of amides is 1. The molecule has 0 saturated heterocycles. The molecule has 0 saturated carbocycles. The van der Waals surface area contributed by atoms with E-state index in [9.17, 15) is 13.2 Å². The minimum absolute atomic E-state index is 0.102. The third-order valence-electron chi connectivity index (χ3n) is 3.87. The molecule has 6 heteroatoms. The summed E-state index contributed by atoms with van der Waals surface area (Å²) in [7, 11) is -3.55. The molecule has 0 fully saturated rings. The van der Waals surface area contributed by atoms with Crippen LogP contribution in [-0.4, -0.2) is 26.9 Å². The van der Waals surface area contributed by atoms with Crippen LogP contribution in [0, 0.1) is 6.92 Å². The predicted molar refractivity (Wildman–Crippen MR) is 97.3 cm³/mol. The van der Waals surface area contributed by atoms with Gasteiger partial charge in [0.15, 0.2) is 0 Å². The molecular formula is C18H30N2O3S. The summed E-state index contributed by atoms with van der Waals surface area (Å²) >= 11 is 0. The van der Waals surface area contributed by atoms with E-state index in [1.807, 2.05) is 13.8 Å². The first-order valence-electron chi connectivity index (χ1n) is 8.71. The summed E-state index contributed by atoms with van der Waals surface area (Å²) < 4.78 is 26.7. The molecule has 1 amide bonds. The normalized spacial score (nSPS) is 12.8. The molecule has 24 heavy (non-hydrogen) atoms. The Labute approximate surface area is 146 Å². The van der Waals surface area contributed by atoms with Crippen molar-refractivity contribution in [1.29, 1.82) is 0 Å². The molecule has 1 atom stereocenters. The molecule has 2 N–H and O–H groups in total. The van der Waals surface area contributed by atoms with Crippen LogP contribution in [0.25, 0.3) is 0 Å². The maximum atomic E-state index is 12.1. The Morgan fingerprint density at radius 2 is 1.79 bits per heavy atom. The number of carbonyl (C=O) groups excluding carboxylic acids is 1. The molecule has 136 valence electrons. The van der Waals surface area contributed by atoms with E-state index in [0.717, 1.165) is 18.4 Å². The first-order chi connectivity index (χ1) is 11.3. The highest BCUT2D eigenvalue weighted by molar-refractivity contribution is 7.89. The maximum absolute atomic E-state index is 12.1. The second-order valence-corrected chi connectivity index (χ2v) is 8.05. The molecule has 1 rings (SSSR count). The highest BCUT2D eigenvalue weighted by Crippen LogP contribution is 2.09. The highest BCUT2D eigenvalue weighted by atomic mass is 32.2. The van der Waals surface area contributed by atoms with Crippen LogP contribution in [0.3, 0.4) is 0 Å². The quantitative estimate of drug-likeness (QED) is 0.600. The molecule has 0 heterocycles. The molecule has 0 radical (unpaired) electrons. The number of hydrogen-bond acceptors (Lipinski definition) is 3. The summed E-state index contributed by atoms with van der Waals surface area (Å²) in [5.74, 6) is -0.121. The zero-order valence-corrected chi connectivity index (χ0v) is 15.8. The van der Waals surface area contributed by atoms with Crippen molar-refractivity contribution in [3.63, 3.8) is 0 Å². The van der Waals surface area contributed by atoms with E-state index in [1.54, 1.807) is 24.3 Å². The van der Waals surface area contributed by atoms with Gasteiger partial charge in [0.1, 0.15) is 0 Å². The molecule has 0 aliphatic rings. The fraction of sp³-hybridized carbons (Fsp3) is 0.611. The standard InChI is InChI=1S/C18H30N2O3S/c1-4-5-6-7-8-16(3)20-18(21)13-14-19-24(22,23)17-11-9-15(2)10-12-17/h9-12,16,19H,4-8,13-14H2,1-3H3,(H,20,21). The van der Waals surface area contributed by atoms with Crippen molar-refractivity contribution in [2.45, 2.75) is 70.2 Å². The van der Waals surface area contributed by atoms with Gasteiger partial charge in [-0.2, -0.15) is 0 Å². The van der Waals surface area contributed by atoms with Gasteiger partial charge >= 0.3 is 0 Å². The van der Waals surface area contributed by atoms with Gasteiger partial charge in [0, 0.05) is 19.0 Å². The fourth-order valence-electron chi connectivity index (χ4n) is 2.40. The van der Waals surface area contributed by atoms with E-state index in [0.29, 0.717) is 0 Å². The van der Waals surface area contributed by atoms with E-state index in [2.05, 4.69) is 17.0 Å². The largest absolute Gasteiger partial charge is 0.354 e. The molecule has 0 aromatic heterocycles. The van der Waals surface area contributed by atoms with Crippen LogP contribution in [0.2, 0.25) is 0 Å². The summed E-state index contributed by atoms with van der Waals surface area (Å²) in [6.45, 7) is 6.16. The minimum atomic E-state index is -3.55. The lowest BCUT2D eigenvalue weighted by Crippen LogP contribution is -2.35. The van der Waals surface area contributed by atoms with Crippen molar-refractivity contribution in [3.8, 4) is 0 Å². The predicted octanol–water partition coefficient (Wildman–Crippen LogP) is 3.14. The van der Waals surface area contributed by atoms with Gasteiger partial charge in [0.05, 0.1) is 4.90 Å². The first kappa shape index (κ1) is 20.6. The SMILES string of the molecule is CCCCCCC(C)NC(=O)CCNS(=O)(=O)c1ccc(C)cc1. The Morgan fingerprint density at radius 3 is 2.42 bits per heavy atom. The Hall–Kier alpha value is -1.40. The van der Waals surface area contributed by atoms with Crippen molar-refractivity contribution in [1.82, 2.24) is 10.0 Å². The van der Waals surface area contributed by atoms with Crippen LogP contribution < -0.4 is 10.0 Å². The average Bonchev–Trinajstić information content (AvgIpc) is 2.51. The van der Waals surface area contributed by atoms with Crippen LogP contribution >= 0.6 is 0 Å². The van der Waals surface area contributed by atoms with Crippen LogP contribution in [-0.2, 0) is 14.8 Å². The highest BCUT2D eigenvalue weighted by Gasteiger charge is 2.14. The number of unbranched alkanes of at least 4 members (excludes halogenated alkanes) is 3. The summed E-state index contributed by atoms with van der Waals surface area (Å²) in [6.07, 6.45) is 5.82. The number of carbonyl (C=O) groups is 1. The number of aryl methyl sites for hydroxylation is 1. The Bertz CT molecular complexity index is 597. The lowest BCUT2D eigenvalue weighted by molar-refractivity contribution is -0.121. The Kier molecular flexibility index (Phi) is 9.00. The van der Waals surface area contributed by atoms with E-state index < -0.39 is 10.0 Å². The van der Waals surface area contributed by atoms with Crippen LogP contribution in [0.15, 0.2) is 29.2 Å². The zero-order valence-electron chi connectivity index (χ0n) is 15.0. The lowest BCUT2D eigenvalue weighted by Gasteiger charge is -2.14. The third kappa shape index (κ3) is 7.93. The van der Waals surface area contributed by atoms with E-state index in [-0.39, 0.29) is 29.8 Å². The number of rotatable bonds is 11. The fourth-order valence-corrected chi connectivity index (χ4v) is 3.43. The molecule has 1 unspecified atom stereocenters. The van der Waals surface area contributed by atoms with Crippen LogP contribution in [0.4, 0.5) is 0 Å². The van der Waals surface area contributed by atoms with Gasteiger partial charge in [0.2, 0.25) is 15.9 Å². The number of sulfonamides is 1. The van der Waals surface area contributed by atoms with Crippen molar-refractivity contribution in [2.24, 2.45) is 0 Å². The first-order valence-corrected chi connectivity index (χ1v) is 10.2. The van der Waals surface area contributed by atoms with Gasteiger partial charge < -0.3 is 5.32 Å². The molecule has 0 bridgehead atoms. The van der Waals surface area contributed by atoms with E-state index >= 15 is 0 Å². The monoisotopic (exact) mass is 354 g/mol. The number of hydrogen-bond donors (Lipinski definition) is 2. The van der Waals surface area contributed by atoms with Crippen molar-refractivity contribution < 1.29 is 13.2 Å². The molecular weight excluding hydrogens is 324 g/mol. The van der Waals surface area contributed by atoms with Gasteiger partial charge in [0.25, 0.3) is 0 Å². The Balaban J connectivity index is 2.30. The zero-order chi connectivity index (χ0) is 18.0. The summed E-state index contributed by atoms with van der Waals surface area (Å²) in [6, 6.07) is 6.76. The Morgan fingerprint density at radius 1 is 1.12 bits per heavy atom. The molecule has 5 nitrogen and oxygen atoms in total. The van der Waals surface area contributed by atoms with Gasteiger partial charge in [-0.3, -0.25) is 4.79 Å². The van der Waals surface area contributed by atoms with Gasteiger partial charge in [-0.25, -0.2) is 13.1 Å². The second kappa shape index (κ2) is 10.5. The van der Waals surface area contributed by atoms with Crippen LogP contribution in [0.1, 0.15) is 57.9 Å². The molecule has 0 aliphatic carbocycles. The smallest absolute Gasteiger partial charge is 0.240 e. The third-order valence-corrected chi connectivity index (χ3v) is 5.35. The molecule has 0 aliphatic heterocycles. The second-order valence-electron chi connectivity index (χ2n) is 6.28. The van der Waals surface area contributed by atoms with Crippen molar-refractivity contribution >= 4 is 15.9 Å². The number of nitrogens with one attached hydrogen (secondary N) is 2. The minimum Gasteiger partial charge on any atom is -0.354 e. The van der Waals surface area contributed by atoms with Gasteiger partial charge in [-0.05, 0) is 32.4 Å². The average molecular weight is 355 g/mol. The topological polar surface area (TPSA) is 75.3 Å².